The van der Waals surface area contributed by atoms with E-state index in [1.807, 2.05) is 7.05 Å². The van der Waals surface area contributed by atoms with E-state index in [4.69, 9.17) is 5.26 Å². The highest BCUT2D eigenvalue weighted by Crippen LogP contribution is 2.19. The summed E-state index contributed by atoms with van der Waals surface area (Å²) >= 11 is 0. The topological polar surface area (TPSA) is 39.1 Å². The molecule has 0 fully saturated rings. The van der Waals surface area contributed by atoms with Gasteiger partial charge in [-0.05, 0) is 39.3 Å². The lowest BCUT2D eigenvalue weighted by Gasteiger charge is -2.25. The molecule has 0 amide bonds. The fourth-order valence-corrected chi connectivity index (χ4v) is 2.14. The summed E-state index contributed by atoms with van der Waals surface area (Å²) in [5.74, 6) is 0. The van der Waals surface area contributed by atoms with Crippen LogP contribution in [0.3, 0.4) is 0 Å². The van der Waals surface area contributed by atoms with Gasteiger partial charge >= 0.3 is 0 Å². The Balaban J connectivity index is 2.75. The summed E-state index contributed by atoms with van der Waals surface area (Å²) in [4.78, 5) is 2.14. The van der Waals surface area contributed by atoms with Crippen molar-refractivity contribution in [2.24, 2.45) is 0 Å². The van der Waals surface area contributed by atoms with Crippen LogP contribution in [0.15, 0.2) is 18.2 Å². The van der Waals surface area contributed by atoms with Crippen LogP contribution in [0.2, 0.25) is 0 Å². The average Bonchev–Trinajstić information content (AvgIpc) is 2.27. The summed E-state index contributed by atoms with van der Waals surface area (Å²) in [6.07, 6.45) is 0. The normalized spacial score (nSPS) is 12.3. The van der Waals surface area contributed by atoms with Gasteiger partial charge in [-0.3, -0.25) is 5.32 Å². The maximum Gasteiger partial charge on any atom is 0.113 e. The molecule has 0 bridgehead atoms. The first kappa shape index (κ1) is 14.5. The number of likely N-dealkylation sites (N-methyl/N-ethyl adjacent to an activating group) is 1. The summed E-state index contributed by atoms with van der Waals surface area (Å²) in [6, 6.07) is 8.89. The van der Waals surface area contributed by atoms with Crippen molar-refractivity contribution in [1.82, 2.24) is 5.32 Å². The van der Waals surface area contributed by atoms with Gasteiger partial charge in [-0.25, -0.2) is 0 Å². The number of anilines is 1. The molecule has 0 aromatic heterocycles. The van der Waals surface area contributed by atoms with Crippen molar-refractivity contribution in [1.29, 1.82) is 5.26 Å². The first-order valence-electron chi connectivity index (χ1n) is 6.38. The van der Waals surface area contributed by atoms with Gasteiger partial charge in [0.05, 0.1) is 6.07 Å². The summed E-state index contributed by atoms with van der Waals surface area (Å²) in [7, 11) is 2.03. The molecule has 0 aliphatic heterocycles. The van der Waals surface area contributed by atoms with Gasteiger partial charge in [0.1, 0.15) is 6.04 Å². The van der Waals surface area contributed by atoms with Crippen molar-refractivity contribution in [3.8, 4) is 6.07 Å². The molecular formula is C15H23N3. The van der Waals surface area contributed by atoms with Crippen LogP contribution in [0, 0.1) is 25.2 Å². The number of aryl methyl sites for hydroxylation is 2. The number of nitriles is 1. The minimum absolute atomic E-state index is 0.143. The molecule has 0 radical (unpaired) electrons. The average molecular weight is 245 g/mol. The molecule has 0 saturated carbocycles. The molecule has 0 aliphatic rings. The summed E-state index contributed by atoms with van der Waals surface area (Å²) < 4.78 is 0. The van der Waals surface area contributed by atoms with Gasteiger partial charge in [-0.1, -0.05) is 17.7 Å². The van der Waals surface area contributed by atoms with E-state index in [2.05, 4.69) is 62.2 Å². The molecule has 0 spiro atoms. The fourth-order valence-electron chi connectivity index (χ4n) is 2.14. The van der Waals surface area contributed by atoms with E-state index < -0.39 is 0 Å². The van der Waals surface area contributed by atoms with Crippen LogP contribution in [0.25, 0.3) is 0 Å². The molecule has 98 valence electrons. The molecule has 1 N–H and O–H groups in total. The van der Waals surface area contributed by atoms with Gasteiger partial charge in [0, 0.05) is 25.3 Å². The van der Waals surface area contributed by atoms with Crippen LogP contribution in [-0.2, 0) is 0 Å². The Morgan fingerprint density at radius 1 is 1.33 bits per heavy atom. The van der Waals surface area contributed by atoms with Crippen LogP contribution < -0.4 is 10.2 Å². The van der Waals surface area contributed by atoms with Crippen LogP contribution in [0.5, 0.6) is 0 Å². The lowest BCUT2D eigenvalue weighted by Crippen LogP contribution is -2.42. The second kappa shape index (κ2) is 6.42. The van der Waals surface area contributed by atoms with Gasteiger partial charge in [0.25, 0.3) is 0 Å². The number of hydrogen-bond acceptors (Lipinski definition) is 3. The Hall–Kier alpha value is -1.53. The molecular weight excluding hydrogens is 222 g/mol. The van der Waals surface area contributed by atoms with Crippen molar-refractivity contribution < 1.29 is 0 Å². The largest absolute Gasteiger partial charge is 0.372 e. The van der Waals surface area contributed by atoms with E-state index in [0.717, 1.165) is 0 Å². The second-order valence-corrected chi connectivity index (χ2v) is 5.17. The summed E-state index contributed by atoms with van der Waals surface area (Å²) in [5.41, 5.74) is 3.70. The zero-order chi connectivity index (χ0) is 13.7. The summed E-state index contributed by atoms with van der Waals surface area (Å²) in [5, 5.41) is 12.4. The maximum atomic E-state index is 9.14. The zero-order valence-electron chi connectivity index (χ0n) is 12.0. The molecule has 1 aromatic carbocycles. The van der Waals surface area contributed by atoms with Crippen molar-refractivity contribution in [3.63, 3.8) is 0 Å². The van der Waals surface area contributed by atoms with E-state index in [9.17, 15) is 0 Å². The third-order valence-electron chi connectivity index (χ3n) is 2.91. The molecule has 18 heavy (non-hydrogen) atoms. The third kappa shape index (κ3) is 4.05. The SMILES string of the molecule is Cc1ccc(N(C)CC(C#N)NC(C)C)c(C)c1. The predicted molar refractivity (Wildman–Crippen MR) is 76.9 cm³/mol. The minimum Gasteiger partial charge on any atom is -0.372 e. The van der Waals surface area contributed by atoms with Gasteiger partial charge in [0.15, 0.2) is 0 Å². The molecule has 1 unspecified atom stereocenters. The van der Waals surface area contributed by atoms with Crippen LogP contribution in [0.4, 0.5) is 5.69 Å². The highest BCUT2D eigenvalue weighted by atomic mass is 15.1. The van der Waals surface area contributed by atoms with E-state index in [1.165, 1.54) is 16.8 Å². The van der Waals surface area contributed by atoms with Gasteiger partial charge in [-0.15, -0.1) is 0 Å². The highest BCUT2D eigenvalue weighted by Gasteiger charge is 2.13. The second-order valence-electron chi connectivity index (χ2n) is 5.17. The molecule has 1 atom stereocenters. The van der Waals surface area contributed by atoms with E-state index >= 15 is 0 Å². The maximum absolute atomic E-state index is 9.14. The van der Waals surface area contributed by atoms with Gasteiger partial charge < -0.3 is 4.90 Å². The Labute approximate surface area is 110 Å². The monoisotopic (exact) mass is 245 g/mol. The number of hydrogen-bond donors (Lipinski definition) is 1. The molecule has 0 saturated heterocycles. The number of rotatable bonds is 5. The van der Waals surface area contributed by atoms with Crippen LogP contribution in [-0.4, -0.2) is 25.7 Å². The molecule has 1 aromatic rings. The molecule has 0 aliphatic carbocycles. The highest BCUT2D eigenvalue weighted by molar-refractivity contribution is 5.54. The van der Waals surface area contributed by atoms with Gasteiger partial charge in [-0.2, -0.15) is 5.26 Å². The lowest BCUT2D eigenvalue weighted by molar-refractivity contribution is 0.528. The van der Waals surface area contributed by atoms with Crippen LogP contribution >= 0.6 is 0 Å². The Morgan fingerprint density at radius 3 is 2.50 bits per heavy atom. The quantitative estimate of drug-likeness (QED) is 0.866. The van der Waals surface area contributed by atoms with Crippen molar-refractivity contribution >= 4 is 5.69 Å². The van der Waals surface area contributed by atoms with Crippen molar-refractivity contribution in [2.75, 3.05) is 18.5 Å². The smallest absolute Gasteiger partial charge is 0.113 e. The lowest BCUT2D eigenvalue weighted by atomic mass is 10.1. The third-order valence-corrected chi connectivity index (χ3v) is 2.91. The number of benzene rings is 1. The molecule has 1 rings (SSSR count). The van der Waals surface area contributed by atoms with Gasteiger partial charge in [0.2, 0.25) is 0 Å². The minimum atomic E-state index is -0.143. The number of nitrogens with zero attached hydrogens (tertiary/aromatic N) is 2. The number of nitrogens with one attached hydrogen (secondary N) is 1. The standard InChI is InChI=1S/C15H23N3/c1-11(2)17-14(9-16)10-18(5)15-7-6-12(3)8-13(15)4/h6-8,11,14,17H,10H2,1-5H3. The Kier molecular flexibility index (Phi) is 5.18. The molecule has 0 heterocycles. The first-order valence-corrected chi connectivity index (χ1v) is 6.38. The van der Waals surface area contributed by atoms with Crippen LogP contribution in [0.1, 0.15) is 25.0 Å². The van der Waals surface area contributed by atoms with E-state index in [0.29, 0.717) is 12.6 Å². The molecule has 3 heteroatoms. The molecule has 3 nitrogen and oxygen atoms in total. The Morgan fingerprint density at radius 2 is 2.00 bits per heavy atom. The first-order chi connectivity index (χ1) is 8.43. The summed E-state index contributed by atoms with van der Waals surface area (Å²) in [6.45, 7) is 9.01. The van der Waals surface area contributed by atoms with Crippen molar-refractivity contribution in [3.05, 3.63) is 29.3 Å². The van der Waals surface area contributed by atoms with E-state index in [1.54, 1.807) is 0 Å². The predicted octanol–water partition coefficient (Wildman–Crippen LogP) is 2.63. The fraction of sp³-hybridized carbons (Fsp3) is 0.533. The Bertz CT molecular complexity index is 432. The van der Waals surface area contributed by atoms with E-state index in [-0.39, 0.29) is 6.04 Å². The zero-order valence-corrected chi connectivity index (χ0v) is 12.0. The van der Waals surface area contributed by atoms with Crippen molar-refractivity contribution in [2.45, 2.75) is 39.8 Å².